The molecule has 2 aromatic carbocycles. The van der Waals surface area contributed by atoms with E-state index in [0.717, 1.165) is 19.3 Å². The normalized spacial score (nSPS) is 16.2. The lowest BCUT2D eigenvalue weighted by molar-refractivity contribution is 0.0953. The van der Waals surface area contributed by atoms with E-state index in [1.54, 1.807) is 24.3 Å². The molecule has 138 valence electrons. The molecule has 1 N–H and O–H groups in total. The Hall–Kier alpha value is -2.34. The van der Waals surface area contributed by atoms with Crippen LogP contribution in [-0.4, -0.2) is 33.2 Å². The molecule has 1 aliphatic rings. The number of nitrogens with zero attached hydrogens (tertiary/aromatic N) is 1. The Balaban J connectivity index is 1.52. The zero-order valence-corrected chi connectivity index (χ0v) is 15.5. The molecule has 0 spiro atoms. The van der Waals surface area contributed by atoms with Gasteiger partial charge in [0.05, 0.1) is 11.4 Å². The van der Waals surface area contributed by atoms with E-state index in [2.05, 4.69) is 17.4 Å². The molecule has 26 heavy (non-hydrogen) atoms. The van der Waals surface area contributed by atoms with E-state index in [1.807, 2.05) is 18.2 Å². The summed E-state index contributed by atoms with van der Waals surface area (Å²) in [6.45, 7) is 1.11. The van der Waals surface area contributed by atoms with Crippen LogP contribution in [0.15, 0.2) is 54.6 Å². The molecule has 0 unspecified atom stereocenters. The number of benzene rings is 2. The summed E-state index contributed by atoms with van der Waals surface area (Å²) in [5, 5.41) is 2.91. The van der Waals surface area contributed by atoms with Gasteiger partial charge >= 0.3 is 0 Å². The maximum absolute atomic E-state index is 12.2. The van der Waals surface area contributed by atoms with Crippen LogP contribution in [-0.2, 0) is 16.4 Å². The van der Waals surface area contributed by atoms with Crippen LogP contribution >= 0.6 is 0 Å². The second-order valence-electron chi connectivity index (χ2n) is 6.49. The van der Waals surface area contributed by atoms with Crippen molar-refractivity contribution < 1.29 is 13.2 Å². The SMILES string of the molecule is O=C(NCCCc1ccccc1)c1ccc(N2CCCCS2(=O)=O)cc1. The van der Waals surface area contributed by atoms with Gasteiger partial charge in [-0.3, -0.25) is 9.10 Å². The van der Waals surface area contributed by atoms with E-state index >= 15 is 0 Å². The molecular weight excluding hydrogens is 348 g/mol. The van der Waals surface area contributed by atoms with E-state index in [9.17, 15) is 13.2 Å². The molecule has 0 bridgehead atoms. The summed E-state index contributed by atoms with van der Waals surface area (Å²) in [5.74, 6) is 0.0579. The number of carbonyl (C=O) groups is 1. The van der Waals surface area contributed by atoms with Gasteiger partial charge in [0.2, 0.25) is 10.0 Å². The van der Waals surface area contributed by atoms with Gasteiger partial charge < -0.3 is 5.32 Å². The predicted molar refractivity (Wildman–Crippen MR) is 104 cm³/mol. The summed E-state index contributed by atoms with van der Waals surface area (Å²) in [4.78, 5) is 12.2. The largest absolute Gasteiger partial charge is 0.352 e. The zero-order chi connectivity index (χ0) is 18.4. The molecule has 0 saturated carbocycles. The second kappa shape index (κ2) is 8.36. The Bertz CT molecular complexity index is 833. The quantitative estimate of drug-likeness (QED) is 0.793. The number of nitrogens with one attached hydrogen (secondary N) is 1. The first kappa shape index (κ1) is 18.5. The Labute approximate surface area is 155 Å². The number of carbonyl (C=O) groups excluding carboxylic acids is 1. The van der Waals surface area contributed by atoms with Crippen LogP contribution in [0.25, 0.3) is 0 Å². The van der Waals surface area contributed by atoms with E-state index in [1.165, 1.54) is 9.87 Å². The highest BCUT2D eigenvalue weighted by atomic mass is 32.2. The van der Waals surface area contributed by atoms with Crippen LogP contribution in [0.4, 0.5) is 5.69 Å². The topological polar surface area (TPSA) is 66.5 Å². The van der Waals surface area contributed by atoms with Gasteiger partial charge in [-0.15, -0.1) is 0 Å². The number of anilines is 1. The van der Waals surface area contributed by atoms with Crippen LogP contribution in [0.5, 0.6) is 0 Å². The maximum Gasteiger partial charge on any atom is 0.251 e. The smallest absolute Gasteiger partial charge is 0.251 e. The molecular formula is C20H24N2O3S. The first-order chi connectivity index (χ1) is 12.6. The van der Waals surface area contributed by atoms with Gasteiger partial charge in [-0.05, 0) is 55.5 Å². The van der Waals surface area contributed by atoms with Crippen molar-refractivity contribution in [2.45, 2.75) is 25.7 Å². The molecule has 6 heteroatoms. The second-order valence-corrected chi connectivity index (χ2v) is 8.50. The third-order valence-corrected chi connectivity index (χ3v) is 6.41. The summed E-state index contributed by atoms with van der Waals surface area (Å²) < 4.78 is 25.7. The third-order valence-electron chi connectivity index (χ3n) is 4.54. The molecule has 3 rings (SSSR count). The van der Waals surface area contributed by atoms with E-state index in [0.29, 0.717) is 30.8 Å². The Morgan fingerprint density at radius 1 is 1.00 bits per heavy atom. The van der Waals surface area contributed by atoms with Gasteiger partial charge in [0, 0.05) is 18.7 Å². The van der Waals surface area contributed by atoms with Crippen molar-refractivity contribution in [3.05, 3.63) is 65.7 Å². The number of sulfonamides is 1. The minimum Gasteiger partial charge on any atom is -0.352 e. The van der Waals surface area contributed by atoms with Gasteiger partial charge in [0.25, 0.3) is 5.91 Å². The highest BCUT2D eigenvalue weighted by Crippen LogP contribution is 2.23. The molecule has 0 aromatic heterocycles. The first-order valence-corrected chi connectivity index (χ1v) is 10.6. The van der Waals surface area contributed by atoms with E-state index < -0.39 is 10.0 Å². The first-order valence-electron chi connectivity index (χ1n) is 8.99. The van der Waals surface area contributed by atoms with Crippen molar-refractivity contribution in [2.24, 2.45) is 0 Å². The Morgan fingerprint density at radius 3 is 2.42 bits per heavy atom. The monoisotopic (exact) mass is 372 g/mol. The molecule has 2 aromatic rings. The summed E-state index contributed by atoms with van der Waals surface area (Å²) in [6, 6.07) is 17.0. The fourth-order valence-corrected chi connectivity index (χ4v) is 4.74. The Morgan fingerprint density at radius 2 is 1.73 bits per heavy atom. The van der Waals surface area contributed by atoms with Crippen molar-refractivity contribution in [1.29, 1.82) is 0 Å². The molecule has 5 nitrogen and oxygen atoms in total. The van der Waals surface area contributed by atoms with Crippen molar-refractivity contribution in [2.75, 3.05) is 23.1 Å². The fraction of sp³-hybridized carbons (Fsp3) is 0.350. The van der Waals surface area contributed by atoms with Crippen LogP contribution < -0.4 is 9.62 Å². The van der Waals surface area contributed by atoms with Crippen molar-refractivity contribution in [3.8, 4) is 0 Å². The highest BCUT2D eigenvalue weighted by Gasteiger charge is 2.25. The molecule has 0 radical (unpaired) electrons. The predicted octanol–water partition coefficient (Wildman–Crippen LogP) is 2.98. The number of aryl methyl sites for hydroxylation is 1. The number of hydrogen-bond donors (Lipinski definition) is 1. The molecule has 0 atom stereocenters. The molecule has 1 saturated heterocycles. The third kappa shape index (κ3) is 4.64. The van der Waals surface area contributed by atoms with Crippen LogP contribution in [0.3, 0.4) is 0 Å². The fourth-order valence-electron chi connectivity index (χ4n) is 3.10. The van der Waals surface area contributed by atoms with Crippen molar-refractivity contribution in [3.63, 3.8) is 0 Å². The number of hydrogen-bond acceptors (Lipinski definition) is 3. The van der Waals surface area contributed by atoms with Gasteiger partial charge in [-0.25, -0.2) is 8.42 Å². The molecule has 1 heterocycles. The summed E-state index contributed by atoms with van der Waals surface area (Å²) in [7, 11) is -3.22. The lowest BCUT2D eigenvalue weighted by Gasteiger charge is -2.28. The van der Waals surface area contributed by atoms with Gasteiger partial charge in [0.15, 0.2) is 0 Å². The molecule has 0 aliphatic carbocycles. The molecule has 1 amide bonds. The minimum atomic E-state index is -3.22. The lowest BCUT2D eigenvalue weighted by atomic mass is 10.1. The lowest BCUT2D eigenvalue weighted by Crippen LogP contribution is -2.37. The summed E-state index contributed by atoms with van der Waals surface area (Å²) in [6.07, 6.45) is 3.37. The average Bonchev–Trinajstić information content (AvgIpc) is 2.66. The van der Waals surface area contributed by atoms with Crippen LogP contribution in [0.1, 0.15) is 35.2 Å². The van der Waals surface area contributed by atoms with E-state index in [-0.39, 0.29) is 11.7 Å². The summed E-state index contributed by atoms with van der Waals surface area (Å²) >= 11 is 0. The van der Waals surface area contributed by atoms with Gasteiger partial charge in [-0.2, -0.15) is 0 Å². The van der Waals surface area contributed by atoms with Crippen molar-refractivity contribution >= 4 is 21.6 Å². The van der Waals surface area contributed by atoms with Gasteiger partial charge in [-0.1, -0.05) is 30.3 Å². The number of rotatable bonds is 6. The van der Waals surface area contributed by atoms with Crippen LogP contribution in [0.2, 0.25) is 0 Å². The zero-order valence-electron chi connectivity index (χ0n) is 14.7. The van der Waals surface area contributed by atoms with E-state index in [4.69, 9.17) is 0 Å². The average molecular weight is 372 g/mol. The Kier molecular flexibility index (Phi) is 5.93. The van der Waals surface area contributed by atoms with Gasteiger partial charge in [0.1, 0.15) is 0 Å². The highest BCUT2D eigenvalue weighted by molar-refractivity contribution is 7.92. The number of amides is 1. The minimum absolute atomic E-state index is 0.133. The summed E-state index contributed by atoms with van der Waals surface area (Å²) in [5.41, 5.74) is 2.43. The maximum atomic E-state index is 12.2. The molecule has 1 aliphatic heterocycles. The van der Waals surface area contributed by atoms with Crippen molar-refractivity contribution in [1.82, 2.24) is 5.32 Å². The molecule has 1 fully saturated rings. The standard InChI is InChI=1S/C20H24N2O3S/c23-20(21-14-6-9-17-7-2-1-3-8-17)18-10-12-19(13-11-18)22-15-4-5-16-26(22,24)25/h1-3,7-8,10-13H,4-6,9,14-16H2,(H,21,23). The van der Waals surface area contributed by atoms with Crippen LogP contribution in [0, 0.1) is 0 Å².